The molecule has 2 N–H and O–H groups in total. The van der Waals surface area contributed by atoms with Crippen molar-refractivity contribution in [2.24, 2.45) is 0 Å². The molecule has 34 heavy (non-hydrogen) atoms. The molecule has 0 aliphatic carbocycles. The molecule has 0 bridgehead atoms. The number of rotatable bonds is 3. The Kier molecular flexibility index (Phi) is 15.9. The quantitative estimate of drug-likeness (QED) is 0.192. The summed E-state index contributed by atoms with van der Waals surface area (Å²) in [6.07, 6.45) is 0. The Hall–Kier alpha value is -0.607. The molecule has 0 aliphatic heterocycles. The van der Waals surface area contributed by atoms with Gasteiger partial charge in [-0.25, -0.2) is 9.59 Å². The van der Waals surface area contributed by atoms with Crippen molar-refractivity contribution in [2.75, 3.05) is 0 Å². The second-order valence-corrected chi connectivity index (χ2v) is 12.7. The predicted molar refractivity (Wildman–Crippen MR) is 141 cm³/mol. The van der Waals surface area contributed by atoms with Gasteiger partial charge < -0.3 is 10.2 Å². The fourth-order valence-electron chi connectivity index (χ4n) is 2.18. The molecule has 0 atom stereocenters. The van der Waals surface area contributed by atoms with E-state index in [0.717, 1.165) is 0 Å². The van der Waals surface area contributed by atoms with Crippen LogP contribution < -0.4 is 15.9 Å². The predicted octanol–water partition coefficient (Wildman–Crippen LogP) is 6.32. The van der Waals surface area contributed by atoms with Gasteiger partial charge in [-0.3, -0.25) is 0 Å². The van der Waals surface area contributed by atoms with Crippen molar-refractivity contribution < 1.29 is 39.3 Å². The van der Waals surface area contributed by atoms with E-state index >= 15 is 0 Å². The largest absolute Gasteiger partial charge is 0.478 e. The molecule has 185 valence electrons. The summed E-state index contributed by atoms with van der Waals surface area (Å²) in [5, 5.41) is 19.9. The van der Waals surface area contributed by atoms with Crippen molar-refractivity contribution in [3.05, 3.63) is 91.0 Å². The van der Waals surface area contributed by atoms with Crippen LogP contribution in [0, 0.1) is 0 Å². The van der Waals surface area contributed by atoms with Crippen LogP contribution in [-0.2, 0) is 29.1 Å². The molecule has 0 unspecified atom stereocenters. The minimum atomic E-state index is -2.17. The van der Waals surface area contributed by atoms with E-state index in [1.807, 2.05) is 0 Å². The van der Waals surface area contributed by atoms with E-state index in [0.29, 0.717) is 0 Å². The van der Waals surface area contributed by atoms with Crippen LogP contribution in [0.5, 0.6) is 0 Å². The monoisotopic (exact) mass is 689 g/mol. The minimum absolute atomic E-state index is 0. The van der Waals surface area contributed by atoms with Crippen LogP contribution in [0.1, 0.15) is 0 Å². The fourth-order valence-corrected chi connectivity index (χ4v) is 4.48. The number of carbonyl (C=O) groups is 2. The van der Waals surface area contributed by atoms with Crippen LogP contribution in [-0.4, -0.2) is 29.7 Å². The maximum atomic E-state index is 9.62. The Morgan fingerprint density at radius 1 is 0.529 bits per heavy atom. The normalized spacial score (nSPS) is 10.6. The summed E-state index contributed by atoms with van der Waals surface area (Å²) in [5.41, 5.74) is 0. The Morgan fingerprint density at radius 3 is 0.853 bits per heavy atom. The van der Waals surface area contributed by atoms with Crippen LogP contribution in [0.4, 0.5) is 0 Å². The van der Waals surface area contributed by atoms with Crippen molar-refractivity contribution >= 4 is 105 Å². The molecular weight excluding hydrogens is 675 g/mol. The van der Waals surface area contributed by atoms with E-state index in [-0.39, 0.29) is 19.5 Å². The molecule has 0 amide bonds. The molecule has 3 aromatic rings. The summed E-state index contributed by atoms with van der Waals surface area (Å²) in [6, 6.07) is 32.3. The standard InChI is InChI=1S/C18H15P.2C2HCl3O2.Rh/c1-4-10-16(11-5-1)19(17-12-6-2-7-13-17)18-14-8-3-9-15-18;2*3-2(4,5)1(6)7;/h1-15H;2*(H,6,7);. The molecule has 3 aromatic carbocycles. The average Bonchev–Trinajstić information content (AvgIpc) is 2.76. The van der Waals surface area contributed by atoms with E-state index in [9.17, 15) is 9.59 Å². The molecule has 3 rings (SSSR count). The third-order valence-electron chi connectivity index (χ3n) is 3.53. The molecule has 0 spiro atoms. The zero-order valence-corrected chi connectivity index (χ0v) is 24.0. The van der Waals surface area contributed by atoms with Gasteiger partial charge in [0, 0.05) is 19.5 Å². The number of carboxylic acid groups (broad SMARTS) is 2. The molecule has 0 heterocycles. The number of alkyl halides is 6. The maximum absolute atomic E-state index is 9.62. The second-order valence-electron chi connectivity index (χ2n) is 5.95. The van der Waals surface area contributed by atoms with E-state index in [1.54, 1.807) is 0 Å². The summed E-state index contributed by atoms with van der Waals surface area (Å²) in [4.78, 5) is 19.2. The van der Waals surface area contributed by atoms with Crippen molar-refractivity contribution in [3.63, 3.8) is 0 Å². The van der Waals surface area contributed by atoms with Crippen molar-refractivity contribution in [2.45, 2.75) is 7.59 Å². The van der Waals surface area contributed by atoms with Gasteiger partial charge in [-0.05, 0) is 23.8 Å². The van der Waals surface area contributed by atoms with E-state index < -0.39 is 27.4 Å². The molecule has 0 saturated carbocycles. The van der Waals surface area contributed by atoms with E-state index in [4.69, 9.17) is 79.8 Å². The Labute approximate surface area is 241 Å². The van der Waals surface area contributed by atoms with Crippen LogP contribution in [0.2, 0.25) is 0 Å². The number of hydrogen-bond donors (Lipinski definition) is 2. The summed E-state index contributed by atoms with van der Waals surface area (Å²) >= 11 is 28.8. The van der Waals surface area contributed by atoms with Crippen molar-refractivity contribution in [1.82, 2.24) is 0 Å². The molecule has 0 saturated heterocycles. The van der Waals surface area contributed by atoms with Gasteiger partial charge in [0.2, 0.25) is 0 Å². The minimum Gasteiger partial charge on any atom is -0.478 e. The zero-order chi connectivity index (χ0) is 25.1. The van der Waals surface area contributed by atoms with Crippen molar-refractivity contribution in [1.29, 1.82) is 0 Å². The smallest absolute Gasteiger partial charge is 0.356 e. The van der Waals surface area contributed by atoms with E-state index in [1.165, 1.54) is 15.9 Å². The molecule has 1 radical (unpaired) electrons. The molecule has 0 aliphatic rings. The molecule has 12 heteroatoms. The number of carboxylic acids is 2. The third-order valence-corrected chi connectivity index (χ3v) is 6.94. The van der Waals surface area contributed by atoms with Crippen molar-refractivity contribution in [3.8, 4) is 0 Å². The van der Waals surface area contributed by atoms with Crippen LogP contribution in [0.25, 0.3) is 0 Å². The van der Waals surface area contributed by atoms with Crippen LogP contribution in [0.15, 0.2) is 91.0 Å². The molecule has 0 fully saturated rings. The third kappa shape index (κ3) is 12.9. The number of halogens is 6. The zero-order valence-electron chi connectivity index (χ0n) is 16.9. The SMILES string of the molecule is O=C(O)C(Cl)(Cl)Cl.O=C(O)C(Cl)(Cl)Cl.[Rh].c1ccc(P(c2ccccc2)c2ccccc2)cc1. The summed E-state index contributed by atoms with van der Waals surface area (Å²) < 4.78 is -4.33. The van der Waals surface area contributed by atoms with Gasteiger partial charge >= 0.3 is 11.9 Å². The van der Waals surface area contributed by atoms with E-state index in [2.05, 4.69) is 91.0 Å². The summed E-state index contributed by atoms with van der Waals surface area (Å²) in [7, 11) is -0.446. The van der Waals surface area contributed by atoms with Gasteiger partial charge in [0.25, 0.3) is 7.59 Å². The number of aliphatic carboxylic acids is 2. The fraction of sp³-hybridized carbons (Fsp3) is 0.0909. The van der Waals surface area contributed by atoms with Gasteiger partial charge in [0.15, 0.2) is 0 Å². The second kappa shape index (κ2) is 16.2. The van der Waals surface area contributed by atoms with Gasteiger partial charge in [-0.1, -0.05) is 161 Å². The molecule has 4 nitrogen and oxygen atoms in total. The van der Waals surface area contributed by atoms with Crippen LogP contribution in [0.3, 0.4) is 0 Å². The summed E-state index contributed by atoms with van der Waals surface area (Å²) in [5.74, 6) is -2.92. The maximum Gasteiger partial charge on any atom is 0.356 e. The Balaban J connectivity index is 0.000000609. The number of hydrogen-bond acceptors (Lipinski definition) is 2. The first-order chi connectivity index (χ1) is 15.3. The Morgan fingerprint density at radius 2 is 0.706 bits per heavy atom. The topological polar surface area (TPSA) is 74.6 Å². The molecule has 0 aromatic heterocycles. The number of benzene rings is 3. The van der Waals surface area contributed by atoms with Gasteiger partial charge in [0.1, 0.15) is 0 Å². The Bertz CT molecular complexity index is 883. The van der Waals surface area contributed by atoms with Gasteiger partial charge in [-0.2, -0.15) is 0 Å². The first kappa shape index (κ1) is 33.4. The summed E-state index contributed by atoms with van der Waals surface area (Å²) in [6.45, 7) is 0. The molecular formula is C22H17Cl6O4PRh. The average molecular weight is 692 g/mol. The van der Waals surface area contributed by atoms with Crippen LogP contribution >= 0.6 is 77.5 Å². The first-order valence-corrected chi connectivity index (χ1v) is 12.5. The van der Waals surface area contributed by atoms with Gasteiger partial charge in [0.05, 0.1) is 0 Å². The van der Waals surface area contributed by atoms with Gasteiger partial charge in [-0.15, -0.1) is 0 Å². The first-order valence-electron chi connectivity index (χ1n) is 8.89.